The summed E-state index contributed by atoms with van der Waals surface area (Å²) in [7, 11) is 0. The van der Waals surface area contributed by atoms with Crippen molar-refractivity contribution in [2.24, 2.45) is 0 Å². The van der Waals surface area contributed by atoms with E-state index in [0.717, 1.165) is 12.1 Å². The zero-order valence-electron chi connectivity index (χ0n) is 10.5. The predicted octanol–water partition coefficient (Wildman–Crippen LogP) is 5.44. The summed E-state index contributed by atoms with van der Waals surface area (Å²) >= 11 is 11.8. The number of rotatable bonds is 3. The number of hydrogen-bond acceptors (Lipinski definition) is 1. The van der Waals surface area contributed by atoms with Gasteiger partial charge in [0.15, 0.2) is 5.78 Å². The molecule has 2 aromatic carbocycles. The Balaban J connectivity index is 2.18. The number of benzene rings is 2. The van der Waals surface area contributed by atoms with Gasteiger partial charge in [-0.15, -0.1) is 0 Å². The number of ketones is 1. The molecule has 1 nitrogen and oxygen atoms in total. The van der Waals surface area contributed by atoms with E-state index in [-0.39, 0.29) is 27.8 Å². The van der Waals surface area contributed by atoms with Crippen LogP contribution in [-0.2, 0) is 12.6 Å². The van der Waals surface area contributed by atoms with Crippen LogP contribution in [0.2, 0.25) is 10.0 Å². The van der Waals surface area contributed by atoms with E-state index in [9.17, 15) is 18.0 Å². The van der Waals surface area contributed by atoms with Crippen molar-refractivity contribution in [2.45, 2.75) is 12.6 Å². The van der Waals surface area contributed by atoms with Gasteiger partial charge in [-0.05, 0) is 29.8 Å². The van der Waals surface area contributed by atoms with Crippen LogP contribution in [0.3, 0.4) is 0 Å². The van der Waals surface area contributed by atoms with Gasteiger partial charge in [0.05, 0.1) is 15.6 Å². The van der Waals surface area contributed by atoms with E-state index in [1.165, 1.54) is 18.2 Å². The molecule has 0 bridgehead atoms. The van der Waals surface area contributed by atoms with Crippen molar-refractivity contribution < 1.29 is 18.0 Å². The molecular formula is C15H9Cl2F3O. The number of halogens is 5. The molecule has 0 aromatic heterocycles. The van der Waals surface area contributed by atoms with Gasteiger partial charge in [0.2, 0.25) is 0 Å². The predicted molar refractivity (Wildman–Crippen MR) is 75.9 cm³/mol. The standard InChI is InChI=1S/C15H9Cl2F3O/c16-12-3-1-2-11(14(12)17)13(21)8-9-4-6-10(7-5-9)15(18,19)20/h1-7H,8H2. The van der Waals surface area contributed by atoms with Crippen LogP contribution in [0.5, 0.6) is 0 Å². The van der Waals surface area contributed by atoms with Crippen LogP contribution in [0.15, 0.2) is 42.5 Å². The Kier molecular flexibility index (Phi) is 4.59. The van der Waals surface area contributed by atoms with E-state index < -0.39 is 11.7 Å². The molecule has 0 radical (unpaired) electrons. The number of alkyl halides is 3. The third-order valence-electron chi connectivity index (χ3n) is 2.90. The SMILES string of the molecule is O=C(Cc1ccc(C(F)(F)F)cc1)c1cccc(Cl)c1Cl. The largest absolute Gasteiger partial charge is 0.416 e. The molecule has 0 N–H and O–H groups in total. The molecule has 0 aliphatic rings. The fourth-order valence-electron chi connectivity index (χ4n) is 1.81. The number of carbonyl (C=O) groups is 1. The van der Waals surface area contributed by atoms with E-state index in [2.05, 4.69) is 0 Å². The maximum atomic E-state index is 12.4. The molecule has 0 fully saturated rings. The Morgan fingerprint density at radius 1 is 1.00 bits per heavy atom. The molecule has 2 aromatic rings. The monoisotopic (exact) mass is 332 g/mol. The third-order valence-corrected chi connectivity index (χ3v) is 3.72. The first-order valence-corrected chi connectivity index (χ1v) is 6.68. The number of carbonyl (C=O) groups excluding carboxylic acids is 1. The molecule has 0 atom stereocenters. The van der Waals surface area contributed by atoms with Gasteiger partial charge in [0, 0.05) is 12.0 Å². The Morgan fingerprint density at radius 3 is 2.19 bits per heavy atom. The number of hydrogen-bond donors (Lipinski definition) is 0. The molecule has 0 heterocycles. The van der Waals surface area contributed by atoms with Crippen LogP contribution < -0.4 is 0 Å². The van der Waals surface area contributed by atoms with Crippen LogP contribution in [-0.4, -0.2) is 5.78 Å². The molecule has 6 heteroatoms. The van der Waals surface area contributed by atoms with Crippen molar-refractivity contribution in [3.8, 4) is 0 Å². The highest BCUT2D eigenvalue weighted by Gasteiger charge is 2.30. The van der Waals surface area contributed by atoms with Gasteiger partial charge in [-0.25, -0.2) is 0 Å². The fourth-order valence-corrected chi connectivity index (χ4v) is 2.22. The summed E-state index contributed by atoms with van der Waals surface area (Å²) in [5, 5.41) is 0.408. The second-order valence-corrected chi connectivity index (χ2v) is 5.18. The van der Waals surface area contributed by atoms with Crippen molar-refractivity contribution in [1.82, 2.24) is 0 Å². The summed E-state index contributed by atoms with van der Waals surface area (Å²) in [6.45, 7) is 0. The maximum Gasteiger partial charge on any atom is 0.416 e. The minimum Gasteiger partial charge on any atom is -0.294 e. The smallest absolute Gasteiger partial charge is 0.294 e. The minimum atomic E-state index is -4.39. The highest BCUT2D eigenvalue weighted by Crippen LogP contribution is 2.30. The molecule has 110 valence electrons. The lowest BCUT2D eigenvalue weighted by Gasteiger charge is -2.08. The van der Waals surface area contributed by atoms with E-state index in [4.69, 9.17) is 23.2 Å². The van der Waals surface area contributed by atoms with Gasteiger partial charge >= 0.3 is 6.18 Å². The summed E-state index contributed by atoms with van der Waals surface area (Å²) in [5.41, 5.74) is -0.0207. The quantitative estimate of drug-likeness (QED) is 0.684. The normalized spacial score (nSPS) is 11.5. The van der Waals surface area contributed by atoms with E-state index in [0.29, 0.717) is 5.56 Å². The zero-order chi connectivity index (χ0) is 15.6. The first kappa shape index (κ1) is 15.9. The second-order valence-electron chi connectivity index (χ2n) is 4.40. The maximum absolute atomic E-state index is 12.4. The van der Waals surface area contributed by atoms with Gasteiger partial charge in [0.25, 0.3) is 0 Å². The van der Waals surface area contributed by atoms with Crippen molar-refractivity contribution in [2.75, 3.05) is 0 Å². The molecule has 0 unspecified atom stereocenters. The lowest BCUT2D eigenvalue weighted by Crippen LogP contribution is -2.07. The summed E-state index contributed by atoms with van der Waals surface area (Å²) in [6.07, 6.45) is -4.43. The minimum absolute atomic E-state index is 0.0435. The van der Waals surface area contributed by atoms with Crippen LogP contribution >= 0.6 is 23.2 Å². The molecule has 0 aliphatic heterocycles. The summed E-state index contributed by atoms with van der Waals surface area (Å²) in [4.78, 5) is 12.1. The highest BCUT2D eigenvalue weighted by molar-refractivity contribution is 6.43. The summed E-state index contributed by atoms with van der Waals surface area (Å²) < 4.78 is 37.3. The van der Waals surface area contributed by atoms with Gasteiger partial charge in [-0.2, -0.15) is 13.2 Å². The average molecular weight is 333 g/mol. The first-order chi connectivity index (χ1) is 9.79. The Bertz CT molecular complexity index is 664. The highest BCUT2D eigenvalue weighted by atomic mass is 35.5. The Labute approximate surface area is 129 Å². The molecule has 2 rings (SSSR count). The van der Waals surface area contributed by atoms with Crippen LogP contribution in [0, 0.1) is 0 Å². The first-order valence-electron chi connectivity index (χ1n) is 5.92. The van der Waals surface area contributed by atoms with Gasteiger partial charge < -0.3 is 0 Å². The molecule has 0 amide bonds. The average Bonchev–Trinajstić information content (AvgIpc) is 2.41. The Morgan fingerprint density at radius 2 is 1.62 bits per heavy atom. The van der Waals surface area contributed by atoms with Crippen molar-refractivity contribution in [3.05, 3.63) is 69.2 Å². The van der Waals surface area contributed by atoms with Crippen LogP contribution in [0.4, 0.5) is 13.2 Å². The Hall–Kier alpha value is -1.52. The lowest BCUT2D eigenvalue weighted by atomic mass is 10.0. The topological polar surface area (TPSA) is 17.1 Å². The molecular weight excluding hydrogens is 324 g/mol. The van der Waals surface area contributed by atoms with E-state index in [1.54, 1.807) is 12.1 Å². The van der Waals surface area contributed by atoms with Crippen LogP contribution in [0.25, 0.3) is 0 Å². The molecule has 0 saturated carbocycles. The van der Waals surface area contributed by atoms with E-state index >= 15 is 0 Å². The van der Waals surface area contributed by atoms with Gasteiger partial charge in [0.1, 0.15) is 0 Å². The van der Waals surface area contributed by atoms with Crippen molar-refractivity contribution in [3.63, 3.8) is 0 Å². The van der Waals surface area contributed by atoms with Crippen molar-refractivity contribution >= 4 is 29.0 Å². The lowest BCUT2D eigenvalue weighted by molar-refractivity contribution is -0.137. The number of Topliss-reactive ketones (excluding diaryl/α,β-unsaturated/α-hetero) is 1. The third kappa shape index (κ3) is 3.77. The van der Waals surface area contributed by atoms with Gasteiger partial charge in [-0.3, -0.25) is 4.79 Å². The fraction of sp³-hybridized carbons (Fsp3) is 0.133. The molecule has 21 heavy (non-hydrogen) atoms. The second kappa shape index (κ2) is 6.08. The van der Waals surface area contributed by atoms with Crippen molar-refractivity contribution in [1.29, 1.82) is 0 Å². The van der Waals surface area contributed by atoms with E-state index in [1.807, 2.05) is 0 Å². The summed E-state index contributed by atoms with van der Waals surface area (Å²) in [5.74, 6) is -0.303. The van der Waals surface area contributed by atoms with Crippen LogP contribution in [0.1, 0.15) is 21.5 Å². The molecule has 0 spiro atoms. The zero-order valence-corrected chi connectivity index (χ0v) is 12.1. The molecule has 0 aliphatic carbocycles. The molecule has 0 saturated heterocycles. The van der Waals surface area contributed by atoms with Gasteiger partial charge in [-0.1, -0.05) is 41.4 Å². The summed E-state index contributed by atoms with van der Waals surface area (Å²) in [6, 6.07) is 9.12.